The van der Waals surface area contributed by atoms with E-state index in [4.69, 9.17) is 51.5 Å². The van der Waals surface area contributed by atoms with Crippen molar-refractivity contribution in [2.24, 2.45) is 0 Å². The summed E-state index contributed by atoms with van der Waals surface area (Å²) in [5.74, 6) is -63.5. The van der Waals surface area contributed by atoms with Crippen molar-refractivity contribution in [2.45, 2.75) is 182 Å². The quantitative estimate of drug-likeness (QED) is 0.0510. The summed E-state index contributed by atoms with van der Waals surface area (Å²) in [5, 5.41) is 0.485. The first-order chi connectivity index (χ1) is 38.3. The van der Waals surface area contributed by atoms with Gasteiger partial charge in [-0.15, -0.1) is 0 Å². The molecule has 3 aliphatic rings. The van der Waals surface area contributed by atoms with E-state index < -0.39 is 185 Å². The van der Waals surface area contributed by atoms with E-state index in [1.165, 1.54) is 39.0 Å². The SMILES string of the molecule is CC(=O)N[C@H]1[C@H](O[Si](OCCC(F)(F)C(F)(F)C(F)(F)C(F)(F)C(F)(F)C(F)(F)C(F)(F)C(F)(F)F)(c2ccccc2)C(C)(C)C)O[C@@H]2CO[C@@H](c3ccccc3)O[C@H]2[C@@H]1O[C@@H]1O[C@H](COC(C)=O)[C@H](OC(C)=O)[C@H](OC(C)=O)[C@H]1OC(C)=O. The highest BCUT2D eigenvalue weighted by molar-refractivity contribution is 6.83. The van der Waals surface area contributed by atoms with E-state index in [0.29, 0.717) is 5.56 Å². The summed E-state index contributed by atoms with van der Waals surface area (Å²) in [5.41, 5.74) is 0.339. The molecule has 0 radical (unpaired) electrons. The summed E-state index contributed by atoms with van der Waals surface area (Å²) in [7, 11) is -5.21. The average molecular weight is 1260 g/mol. The van der Waals surface area contributed by atoms with Gasteiger partial charge in [-0.25, -0.2) is 0 Å². The van der Waals surface area contributed by atoms with Crippen LogP contribution in [0.3, 0.4) is 0 Å². The fraction of sp³-hybridized carbons (Fsp3) is 0.653. The number of ether oxygens (including phenoxy) is 9. The summed E-state index contributed by atoms with van der Waals surface area (Å²) in [6.45, 7) is 4.77. The predicted octanol–water partition coefficient (Wildman–Crippen LogP) is 8.38. The Hall–Kier alpha value is -5.46. The molecule has 1 unspecified atom stereocenters. The molecule has 17 nitrogen and oxygen atoms in total. The van der Waals surface area contributed by atoms with Crippen LogP contribution in [0, 0.1) is 0 Å². The van der Waals surface area contributed by atoms with Crippen LogP contribution in [0.5, 0.6) is 0 Å². The van der Waals surface area contributed by atoms with Gasteiger partial charge in [0, 0.05) is 58.2 Å². The molecule has 0 aromatic heterocycles. The van der Waals surface area contributed by atoms with Gasteiger partial charge in [0.25, 0.3) is 0 Å². The maximum Gasteiger partial charge on any atom is 0.460 e. The highest BCUT2D eigenvalue weighted by atomic mass is 28.4. The standard InChI is InChI=1S/C49H54F17NO16Si/c1-23(68)67-32-35(82-40-37(78-27(5)72)36(77-26(4)71)34(76-25(3)70)30(80-40)21-73-24(2)69)33-31(22-74-38(81-33)28-15-11-9-12-16-28)79-39(32)83-84(41(6,7)8,29-17-13-10-14-18-29)75-20-19-42(50,51)43(52,53)44(54,55)45(56,57)46(58,59)47(60,61)48(62,63)49(64,65)66/h9-18,30-40H,19-22H2,1-8H3,(H,67,68)/t30-,31-,32-,33-,34+,35-,36+,37-,38-,39+,40+,84?/m1/s1. The molecule has 0 spiro atoms. The lowest BCUT2D eigenvalue weighted by molar-refractivity contribution is -0.461. The zero-order valence-electron chi connectivity index (χ0n) is 44.9. The number of alkyl halides is 17. The molecule has 0 aliphatic carbocycles. The van der Waals surface area contributed by atoms with Crippen molar-refractivity contribution >= 4 is 43.5 Å². The Morgan fingerprint density at radius 3 is 1.55 bits per heavy atom. The van der Waals surface area contributed by atoms with Gasteiger partial charge in [0.05, 0.1) is 6.61 Å². The molecule has 84 heavy (non-hydrogen) atoms. The van der Waals surface area contributed by atoms with Crippen molar-refractivity contribution < 1.29 is 150 Å². The zero-order valence-corrected chi connectivity index (χ0v) is 45.9. The van der Waals surface area contributed by atoms with Crippen molar-refractivity contribution in [2.75, 3.05) is 19.8 Å². The molecule has 3 aliphatic heterocycles. The van der Waals surface area contributed by atoms with E-state index in [-0.39, 0.29) is 5.19 Å². The molecule has 35 heteroatoms. The van der Waals surface area contributed by atoms with Crippen molar-refractivity contribution in [3.8, 4) is 0 Å². The molecule has 0 bridgehead atoms. The molecule has 474 valence electrons. The molecular formula is C49H54F17NO16Si. The number of hydrogen-bond donors (Lipinski definition) is 1. The van der Waals surface area contributed by atoms with Gasteiger partial charge in [0.15, 0.2) is 37.2 Å². The molecule has 12 atom stereocenters. The fourth-order valence-corrected chi connectivity index (χ4v) is 12.5. The molecule has 3 saturated heterocycles. The smallest absolute Gasteiger partial charge is 0.460 e. The van der Waals surface area contributed by atoms with E-state index in [9.17, 15) is 81.0 Å². The number of amides is 1. The first-order valence-corrected chi connectivity index (χ1v) is 26.4. The third-order valence-electron chi connectivity index (χ3n) is 13.0. The molecule has 0 saturated carbocycles. The van der Waals surface area contributed by atoms with Crippen molar-refractivity contribution in [3.63, 3.8) is 0 Å². The van der Waals surface area contributed by atoms with Gasteiger partial charge >= 0.3 is 80.1 Å². The van der Waals surface area contributed by atoms with Gasteiger partial charge in [-0.2, -0.15) is 74.6 Å². The van der Waals surface area contributed by atoms with Gasteiger partial charge in [-0.1, -0.05) is 81.4 Å². The van der Waals surface area contributed by atoms with Crippen LogP contribution < -0.4 is 10.5 Å². The molecule has 2 aromatic carbocycles. The van der Waals surface area contributed by atoms with Crippen molar-refractivity contribution in [3.05, 3.63) is 66.2 Å². The van der Waals surface area contributed by atoms with Gasteiger partial charge < -0.3 is 56.8 Å². The molecule has 5 rings (SSSR count). The fourth-order valence-electron chi connectivity index (χ4n) is 8.96. The van der Waals surface area contributed by atoms with Crippen LogP contribution in [0.25, 0.3) is 0 Å². The van der Waals surface area contributed by atoms with Crippen molar-refractivity contribution in [1.82, 2.24) is 5.32 Å². The Balaban J connectivity index is 1.65. The van der Waals surface area contributed by atoms with Crippen LogP contribution in [0.2, 0.25) is 5.04 Å². The molecule has 2 aromatic rings. The first-order valence-electron chi connectivity index (χ1n) is 24.6. The van der Waals surface area contributed by atoms with E-state index in [1.807, 2.05) is 0 Å². The number of rotatable bonds is 22. The second-order valence-corrected chi connectivity index (χ2v) is 24.0. The minimum atomic E-state index is -8.86. The monoisotopic (exact) mass is 1260 g/mol. The van der Waals surface area contributed by atoms with Crippen LogP contribution in [0.4, 0.5) is 74.6 Å². The van der Waals surface area contributed by atoms with Crippen LogP contribution >= 0.6 is 0 Å². The highest BCUT2D eigenvalue weighted by Gasteiger charge is 2.95. The number of esters is 4. The molecule has 3 heterocycles. The second kappa shape index (κ2) is 25.1. The Labute approximate surface area is 466 Å². The lowest BCUT2D eigenvalue weighted by Crippen LogP contribution is -2.74. The van der Waals surface area contributed by atoms with E-state index in [2.05, 4.69) is 5.32 Å². The number of carbonyl (C=O) groups is 5. The molecule has 1 N–H and O–H groups in total. The topological polar surface area (TPSA) is 199 Å². The lowest BCUT2D eigenvalue weighted by atomic mass is 9.88. The summed E-state index contributed by atoms with van der Waals surface area (Å²) in [6.07, 6.45) is -29.0. The van der Waals surface area contributed by atoms with Gasteiger partial charge in [-0.05, 0) is 5.19 Å². The summed E-state index contributed by atoms with van der Waals surface area (Å²) >= 11 is 0. The minimum Gasteiger partial charge on any atom is -0.463 e. The Kier molecular flexibility index (Phi) is 20.7. The number of carbonyl (C=O) groups excluding carboxylic acids is 5. The van der Waals surface area contributed by atoms with E-state index in [0.717, 1.165) is 46.8 Å². The maximum atomic E-state index is 15.6. The lowest BCUT2D eigenvalue weighted by Gasteiger charge is -2.53. The number of hydrogen-bond acceptors (Lipinski definition) is 16. The van der Waals surface area contributed by atoms with Crippen LogP contribution in [0.15, 0.2) is 60.7 Å². The summed E-state index contributed by atoms with van der Waals surface area (Å²) in [6, 6.07) is 12.0. The Bertz CT molecular complexity index is 2640. The van der Waals surface area contributed by atoms with Gasteiger partial charge in [-0.3, -0.25) is 24.0 Å². The number of fused-ring (bicyclic) bond motifs is 1. The molecular weight excluding hydrogens is 1210 g/mol. The molecule has 3 fully saturated rings. The second-order valence-electron chi connectivity index (χ2n) is 20.2. The first kappa shape index (κ1) is 69.3. The van der Waals surface area contributed by atoms with Crippen molar-refractivity contribution in [1.29, 1.82) is 0 Å². The van der Waals surface area contributed by atoms with E-state index >= 15 is 17.6 Å². The van der Waals surface area contributed by atoms with Crippen LogP contribution in [-0.4, -0.2) is 167 Å². The summed E-state index contributed by atoms with van der Waals surface area (Å²) in [4.78, 5) is 63.5. The number of nitrogens with one attached hydrogen (secondary N) is 1. The third-order valence-corrected chi connectivity index (χ3v) is 17.2. The predicted molar refractivity (Wildman–Crippen MR) is 247 cm³/mol. The largest absolute Gasteiger partial charge is 0.463 e. The van der Waals surface area contributed by atoms with Crippen LogP contribution in [0.1, 0.15) is 73.7 Å². The minimum absolute atomic E-state index is 0.235. The number of benzene rings is 2. The third kappa shape index (κ3) is 13.5. The summed E-state index contributed by atoms with van der Waals surface area (Å²) < 4.78 is 309. The van der Waals surface area contributed by atoms with Gasteiger partial charge in [0.2, 0.25) is 5.91 Å². The Morgan fingerprint density at radius 1 is 0.571 bits per heavy atom. The highest BCUT2D eigenvalue weighted by Crippen LogP contribution is 2.64. The normalized spacial score (nSPS) is 26.7. The van der Waals surface area contributed by atoms with E-state index in [1.54, 1.807) is 30.3 Å². The molecule has 1 amide bonds. The van der Waals surface area contributed by atoms with Gasteiger partial charge in [0.1, 0.15) is 37.1 Å². The Morgan fingerprint density at radius 2 is 1.06 bits per heavy atom. The maximum absolute atomic E-state index is 15.6. The zero-order chi connectivity index (χ0) is 63.8. The number of halogens is 17. The van der Waals surface area contributed by atoms with Crippen LogP contribution in [-0.2, 0) is 75.5 Å². The average Bonchev–Trinajstić information content (AvgIpc) is 0.720.